The van der Waals surface area contributed by atoms with E-state index in [9.17, 15) is 18.5 Å². The van der Waals surface area contributed by atoms with Gasteiger partial charge in [-0.3, -0.25) is 10.1 Å². The fourth-order valence-electron chi connectivity index (χ4n) is 2.12. The number of likely N-dealkylation sites (N-methyl/N-ethyl adjacent to an activating group) is 1. The molecule has 1 aromatic rings. The van der Waals surface area contributed by atoms with Crippen LogP contribution in [0.2, 0.25) is 5.02 Å². The lowest BCUT2D eigenvalue weighted by atomic mass is 10.3. The van der Waals surface area contributed by atoms with Crippen molar-refractivity contribution in [3.8, 4) is 0 Å². The Labute approximate surface area is 121 Å². The van der Waals surface area contributed by atoms with Crippen LogP contribution in [0.3, 0.4) is 0 Å². The summed E-state index contributed by atoms with van der Waals surface area (Å²) in [5.74, 6) is 0. The number of halogens is 1. The lowest BCUT2D eigenvalue weighted by Gasteiger charge is -2.16. The molecule has 1 fully saturated rings. The van der Waals surface area contributed by atoms with Gasteiger partial charge in [-0.05, 0) is 25.6 Å². The Balaban J connectivity index is 2.35. The van der Waals surface area contributed by atoms with Crippen LogP contribution in [0.4, 0.5) is 5.69 Å². The Morgan fingerprint density at radius 2 is 2.20 bits per heavy atom. The molecule has 1 heterocycles. The average molecular weight is 320 g/mol. The van der Waals surface area contributed by atoms with Crippen molar-refractivity contribution in [3.05, 3.63) is 33.3 Å². The van der Waals surface area contributed by atoms with Crippen molar-refractivity contribution < 1.29 is 13.3 Å². The molecular weight excluding hydrogens is 306 g/mol. The largest absolute Gasteiger partial charge is 0.316 e. The molecule has 1 saturated heterocycles. The van der Waals surface area contributed by atoms with E-state index in [1.54, 1.807) is 7.05 Å². The maximum Gasteiger partial charge on any atom is 0.289 e. The monoisotopic (exact) mass is 319 g/mol. The second-order valence-corrected chi connectivity index (χ2v) is 6.85. The number of nitrogens with one attached hydrogen (secondary N) is 1. The standard InChI is InChI=1S/C11H14ClN3O4S/c1-13-8-4-5-14(7-8)20(18,19)9-2-3-10(12)11(6-9)15(16)17/h2-3,6,8,13H,4-5,7H2,1H3. The van der Waals surface area contributed by atoms with E-state index in [1.165, 1.54) is 16.4 Å². The molecule has 9 heteroatoms. The molecule has 0 radical (unpaired) electrons. The summed E-state index contributed by atoms with van der Waals surface area (Å²) >= 11 is 5.69. The molecule has 0 saturated carbocycles. The van der Waals surface area contributed by atoms with Crippen molar-refractivity contribution in [1.29, 1.82) is 0 Å². The first-order valence-corrected chi connectivity index (χ1v) is 7.79. The van der Waals surface area contributed by atoms with Crippen LogP contribution in [0, 0.1) is 10.1 Å². The summed E-state index contributed by atoms with van der Waals surface area (Å²) in [4.78, 5) is 10.0. The lowest BCUT2D eigenvalue weighted by molar-refractivity contribution is -0.384. The van der Waals surface area contributed by atoms with Gasteiger partial charge < -0.3 is 5.32 Å². The van der Waals surface area contributed by atoms with Crippen molar-refractivity contribution in [2.24, 2.45) is 0 Å². The highest BCUT2D eigenvalue weighted by Gasteiger charge is 2.33. The number of nitro groups is 1. The SMILES string of the molecule is CNC1CCN(S(=O)(=O)c2ccc(Cl)c([N+](=O)[O-])c2)C1. The molecule has 0 aromatic heterocycles. The summed E-state index contributed by atoms with van der Waals surface area (Å²) in [5, 5.41) is 13.8. The zero-order valence-corrected chi connectivity index (χ0v) is 12.3. The zero-order valence-electron chi connectivity index (χ0n) is 10.7. The van der Waals surface area contributed by atoms with E-state index >= 15 is 0 Å². The van der Waals surface area contributed by atoms with Gasteiger partial charge in [0.05, 0.1) is 9.82 Å². The highest BCUT2D eigenvalue weighted by Crippen LogP contribution is 2.29. The van der Waals surface area contributed by atoms with Crippen molar-refractivity contribution in [2.75, 3.05) is 20.1 Å². The van der Waals surface area contributed by atoms with Crippen LogP contribution in [0.5, 0.6) is 0 Å². The van der Waals surface area contributed by atoms with Crippen LogP contribution in [0.1, 0.15) is 6.42 Å². The molecule has 1 atom stereocenters. The van der Waals surface area contributed by atoms with Gasteiger partial charge in [0.25, 0.3) is 5.69 Å². The quantitative estimate of drug-likeness (QED) is 0.665. The maximum atomic E-state index is 12.4. The Morgan fingerprint density at radius 1 is 1.50 bits per heavy atom. The van der Waals surface area contributed by atoms with Gasteiger partial charge in [-0.1, -0.05) is 11.6 Å². The third kappa shape index (κ3) is 2.78. The summed E-state index contributed by atoms with van der Waals surface area (Å²) < 4.78 is 26.1. The molecule has 1 aliphatic heterocycles. The molecule has 7 nitrogen and oxygen atoms in total. The number of sulfonamides is 1. The van der Waals surface area contributed by atoms with Crippen molar-refractivity contribution in [3.63, 3.8) is 0 Å². The van der Waals surface area contributed by atoms with Gasteiger partial charge >= 0.3 is 0 Å². The molecule has 0 aliphatic carbocycles. The molecule has 1 aromatic carbocycles. The Morgan fingerprint density at radius 3 is 2.75 bits per heavy atom. The van der Waals surface area contributed by atoms with Gasteiger partial charge in [-0.15, -0.1) is 0 Å². The van der Waals surface area contributed by atoms with E-state index in [-0.39, 0.29) is 16.0 Å². The minimum absolute atomic E-state index is 0.0801. The highest BCUT2D eigenvalue weighted by molar-refractivity contribution is 7.89. The van der Waals surface area contributed by atoms with Gasteiger partial charge in [0.1, 0.15) is 5.02 Å². The fraction of sp³-hybridized carbons (Fsp3) is 0.455. The van der Waals surface area contributed by atoms with Gasteiger partial charge in [-0.2, -0.15) is 4.31 Å². The molecule has 20 heavy (non-hydrogen) atoms. The van der Waals surface area contributed by atoms with E-state index in [1.807, 2.05) is 0 Å². The van der Waals surface area contributed by atoms with Crippen LogP contribution in [-0.4, -0.2) is 43.8 Å². The molecule has 1 aliphatic rings. The van der Waals surface area contributed by atoms with Gasteiger partial charge in [0.15, 0.2) is 0 Å². The Bertz CT molecular complexity index is 635. The number of hydrogen-bond acceptors (Lipinski definition) is 5. The minimum atomic E-state index is -3.72. The fourth-order valence-corrected chi connectivity index (χ4v) is 3.83. The number of rotatable bonds is 4. The number of hydrogen-bond donors (Lipinski definition) is 1. The van der Waals surface area contributed by atoms with E-state index in [0.717, 1.165) is 6.07 Å². The predicted octanol–water partition coefficient (Wildman–Crippen LogP) is 1.23. The molecular formula is C11H14ClN3O4S. The number of benzene rings is 1. The smallest absolute Gasteiger partial charge is 0.289 e. The van der Waals surface area contributed by atoms with E-state index in [2.05, 4.69) is 5.32 Å². The van der Waals surface area contributed by atoms with Crippen LogP contribution >= 0.6 is 11.6 Å². The minimum Gasteiger partial charge on any atom is -0.316 e. The second kappa shape index (κ2) is 5.65. The van der Waals surface area contributed by atoms with Crippen LogP contribution < -0.4 is 5.32 Å². The highest BCUT2D eigenvalue weighted by atomic mass is 35.5. The molecule has 0 bridgehead atoms. The first-order chi connectivity index (χ1) is 9.36. The number of nitro benzene ring substituents is 1. The molecule has 110 valence electrons. The van der Waals surface area contributed by atoms with Crippen LogP contribution in [-0.2, 0) is 10.0 Å². The lowest BCUT2D eigenvalue weighted by Crippen LogP contribution is -2.33. The third-order valence-corrected chi connectivity index (χ3v) is 5.49. The normalized spacial score (nSPS) is 20.2. The summed E-state index contributed by atoms with van der Waals surface area (Å²) in [6, 6.07) is 3.63. The van der Waals surface area contributed by atoms with Crippen molar-refractivity contribution in [2.45, 2.75) is 17.4 Å². The first-order valence-electron chi connectivity index (χ1n) is 5.97. The van der Waals surface area contributed by atoms with Crippen molar-refractivity contribution in [1.82, 2.24) is 9.62 Å². The molecule has 1 N–H and O–H groups in total. The molecule has 0 amide bonds. The topological polar surface area (TPSA) is 92.6 Å². The molecule has 1 unspecified atom stereocenters. The van der Waals surface area contributed by atoms with Crippen LogP contribution in [0.15, 0.2) is 23.1 Å². The first kappa shape index (κ1) is 15.2. The maximum absolute atomic E-state index is 12.4. The van der Waals surface area contributed by atoms with Crippen molar-refractivity contribution >= 4 is 27.3 Å². The summed E-state index contributed by atoms with van der Waals surface area (Å²) in [5.41, 5.74) is -0.405. The third-order valence-electron chi connectivity index (χ3n) is 3.31. The summed E-state index contributed by atoms with van der Waals surface area (Å²) in [6.45, 7) is 0.750. The zero-order chi connectivity index (χ0) is 14.9. The van der Waals surface area contributed by atoms with E-state index in [0.29, 0.717) is 19.5 Å². The summed E-state index contributed by atoms with van der Waals surface area (Å²) in [7, 11) is -1.95. The van der Waals surface area contributed by atoms with Gasteiger partial charge in [-0.25, -0.2) is 8.42 Å². The van der Waals surface area contributed by atoms with E-state index in [4.69, 9.17) is 11.6 Å². The van der Waals surface area contributed by atoms with E-state index < -0.39 is 20.6 Å². The van der Waals surface area contributed by atoms with Crippen LogP contribution in [0.25, 0.3) is 0 Å². The molecule has 0 spiro atoms. The Kier molecular flexibility index (Phi) is 4.28. The summed E-state index contributed by atoms with van der Waals surface area (Å²) in [6.07, 6.45) is 0.714. The van der Waals surface area contributed by atoms with Gasteiger partial charge in [0, 0.05) is 25.2 Å². The second-order valence-electron chi connectivity index (χ2n) is 4.51. The predicted molar refractivity (Wildman–Crippen MR) is 74.3 cm³/mol. The average Bonchev–Trinajstić information content (AvgIpc) is 2.88. The number of nitrogens with zero attached hydrogens (tertiary/aromatic N) is 2. The molecule has 2 rings (SSSR count). The Hall–Kier alpha value is -1.22. The van der Waals surface area contributed by atoms with Gasteiger partial charge in [0.2, 0.25) is 10.0 Å².